The lowest BCUT2D eigenvalue weighted by Crippen LogP contribution is -2.13. The first kappa shape index (κ1) is 11.0. The second-order valence-corrected chi connectivity index (χ2v) is 4.87. The van der Waals surface area contributed by atoms with E-state index in [9.17, 15) is 0 Å². The summed E-state index contributed by atoms with van der Waals surface area (Å²) in [7, 11) is 0. The van der Waals surface area contributed by atoms with Crippen molar-refractivity contribution in [1.82, 2.24) is 9.97 Å². The number of alkyl halides is 3. The zero-order chi connectivity index (χ0) is 10.1. The van der Waals surface area contributed by atoms with Gasteiger partial charge in [0.1, 0.15) is 0 Å². The lowest BCUT2D eigenvalue weighted by atomic mass is 10.2. The number of halogens is 3. The molecule has 1 heterocycles. The van der Waals surface area contributed by atoms with E-state index < -0.39 is 3.79 Å². The third-order valence-electron chi connectivity index (χ3n) is 1.40. The fourth-order valence-corrected chi connectivity index (χ4v) is 1.04. The first-order valence-corrected chi connectivity index (χ1v) is 4.70. The van der Waals surface area contributed by atoms with Crippen molar-refractivity contribution in [2.75, 3.05) is 0 Å². The molecule has 2 N–H and O–H groups in total. The molecule has 0 spiro atoms. The maximum Gasteiger partial charge on any atom is 0.250 e. The van der Waals surface area contributed by atoms with Crippen molar-refractivity contribution in [2.45, 2.75) is 16.8 Å². The molecule has 3 nitrogen and oxygen atoms in total. The first-order chi connectivity index (χ1) is 5.91. The van der Waals surface area contributed by atoms with Gasteiger partial charge in [-0.15, -0.1) is 0 Å². The maximum absolute atomic E-state index is 5.61. The second-order valence-electron chi connectivity index (χ2n) is 2.59. The first-order valence-electron chi connectivity index (χ1n) is 3.57. The molecule has 6 heteroatoms. The molecule has 0 bridgehead atoms. The van der Waals surface area contributed by atoms with Crippen molar-refractivity contribution in [3.63, 3.8) is 0 Å². The maximum atomic E-state index is 5.61. The van der Waals surface area contributed by atoms with Gasteiger partial charge in [0.2, 0.25) is 3.79 Å². The normalized spacial score (nSPS) is 14.2. The fraction of sp³-hybridized carbons (Fsp3) is 0.429. The molecule has 0 aliphatic heterocycles. The molecule has 72 valence electrons. The molecule has 13 heavy (non-hydrogen) atoms. The van der Waals surface area contributed by atoms with Gasteiger partial charge in [-0.25, -0.2) is 9.97 Å². The minimum Gasteiger partial charge on any atom is -0.323 e. The van der Waals surface area contributed by atoms with Crippen LogP contribution in [0.3, 0.4) is 0 Å². The molecular weight excluding hydrogens is 232 g/mol. The highest BCUT2D eigenvalue weighted by Gasteiger charge is 2.26. The molecule has 0 radical (unpaired) electrons. The molecule has 1 aromatic rings. The van der Waals surface area contributed by atoms with E-state index in [4.69, 9.17) is 40.5 Å². The molecule has 0 saturated heterocycles. The lowest BCUT2D eigenvalue weighted by molar-refractivity contribution is 0.757. The standard InChI is InChI=1S/C7H8Cl3N3/c1-4(11)5-2-3-12-6(13-5)7(8,9)10/h2-4H,11H2,1H3. The Labute approximate surface area is 91.2 Å². The van der Waals surface area contributed by atoms with Crippen molar-refractivity contribution >= 4 is 34.8 Å². The van der Waals surface area contributed by atoms with Gasteiger partial charge >= 0.3 is 0 Å². The van der Waals surface area contributed by atoms with Crippen LogP contribution in [0.15, 0.2) is 12.3 Å². The highest BCUT2D eigenvalue weighted by molar-refractivity contribution is 6.66. The van der Waals surface area contributed by atoms with Gasteiger partial charge in [0, 0.05) is 12.2 Å². The minimum absolute atomic E-state index is 0.146. The topological polar surface area (TPSA) is 51.8 Å². The summed E-state index contributed by atoms with van der Waals surface area (Å²) in [4.78, 5) is 7.84. The monoisotopic (exact) mass is 239 g/mol. The van der Waals surface area contributed by atoms with E-state index in [1.165, 1.54) is 6.20 Å². The molecule has 1 atom stereocenters. The van der Waals surface area contributed by atoms with E-state index in [1.54, 1.807) is 13.0 Å². The van der Waals surface area contributed by atoms with Gasteiger partial charge in [0.15, 0.2) is 5.82 Å². The average molecular weight is 241 g/mol. The number of nitrogens with two attached hydrogens (primary N) is 1. The van der Waals surface area contributed by atoms with Crippen LogP contribution in [0.1, 0.15) is 24.5 Å². The minimum atomic E-state index is -1.59. The largest absolute Gasteiger partial charge is 0.323 e. The summed E-state index contributed by atoms with van der Waals surface area (Å²) in [5.74, 6) is 0.146. The summed E-state index contributed by atoms with van der Waals surface area (Å²) in [6, 6.07) is 1.49. The molecule has 0 amide bonds. The molecular formula is C7H8Cl3N3. The Kier molecular flexibility index (Phi) is 3.35. The van der Waals surface area contributed by atoms with Crippen molar-refractivity contribution in [3.8, 4) is 0 Å². The van der Waals surface area contributed by atoms with E-state index in [0.717, 1.165) is 0 Å². The SMILES string of the molecule is CC(N)c1ccnc(C(Cl)(Cl)Cl)n1. The van der Waals surface area contributed by atoms with Crippen LogP contribution < -0.4 is 5.73 Å². The van der Waals surface area contributed by atoms with Gasteiger partial charge in [-0.1, -0.05) is 34.8 Å². The van der Waals surface area contributed by atoms with Gasteiger partial charge in [0.05, 0.1) is 5.69 Å². The molecule has 0 aliphatic carbocycles. The average Bonchev–Trinajstić information content (AvgIpc) is 2.03. The molecule has 0 aliphatic rings. The molecule has 0 saturated carbocycles. The number of rotatable bonds is 1. The Morgan fingerprint density at radius 3 is 2.54 bits per heavy atom. The van der Waals surface area contributed by atoms with Gasteiger partial charge in [-0.3, -0.25) is 0 Å². The van der Waals surface area contributed by atoms with E-state index in [2.05, 4.69) is 9.97 Å². The summed E-state index contributed by atoms with van der Waals surface area (Å²) in [6.07, 6.45) is 1.52. The van der Waals surface area contributed by atoms with Crippen molar-refractivity contribution in [2.24, 2.45) is 5.73 Å². The van der Waals surface area contributed by atoms with E-state index in [-0.39, 0.29) is 11.9 Å². The number of aromatic nitrogens is 2. The molecule has 1 rings (SSSR count). The Morgan fingerprint density at radius 2 is 2.08 bits per heavy atom. The Balaban J connectivity index is 3.06. The zero-order valence-corrected chi connectivity index (χ0v) is 9.11. The number of nitrogens with zero attached hydrogens (tertiary/aromatic N) is 2. The number of hydrogen-bond donors (Lipinski definition) is 1. The second kappa shape index (κ2) is 3.96. The van der Waals surface area contributed by atoms with Gasteiger partial charge in [-0.2, -0.15) is 0 Å². The molecule has 1 aromatic heterocycles. The van der Waals surface area contributed by atoms with Gasteiger partial charge < -0.3 is 5.73 Å². The highest BCUT2D eigenvalue weighted by atomic mass is 35.6. The van der Waals surface area contributed by atoms with E-state index in [1.807, 2.05) is 0 Å². The third-order valence-corrected chi connectivity index (χ3v) is 1.90. The quantitative estimate of drug-likeness (QED) is 0.767. The Morgan fingerprint density at radius 1 is 1.46 bits per heavy atom. The van der Waals surface area contributed by atoms with Crippen LogP contribution in [0.25, 0.3) is 0 Å². The van der Waals surface area contributed by atoms with E-state index >= 15 is 0 Å². The predicted octanol–water partition coefficient (Wildman–Crippen LogP) is 2.32. The Hall–Kier alpha value is -0.0900. The van der Waals surface area contributed by atoms with Crippen LogP contribution >= 0.6 is 34.8 Å². The van der Waals surface area contributed by atoms with Crippen LogP contribution in [0, 0.1) is 0 Å². The summed E-state index contributed by atoms with van der Waals surface area (Å²) in [6.45, 7) is 1.80. The Bertz CT molecular complexity index is 295. The van der Waals surface area contributed by atoms with Crippen molar-refractivity contribution < 1.29 is 0 Å². The summed E-state index contributed by atoms with van der Waals surface area (Å²) >= 11 is 16.8. The van der Waals surface area contributed by atoms with Crippen LogP contribution in [0.5, 0.6) is 0 Å². The van der Waals surface area contributed by atoms with Crippen LogP contribution in [-0.2, 0) is 3.79 Å². The zero-order valence-electron chi connectivity index (χ0n) is 6.84. The highest BCUT2D eigenvalue weighted by Crippen LogP contribution is 2.35. The van der Waals surface area contributed by atoms with Gasteiger partial charge in [-0.05, 0) is 13.0 Å². The van der Waals surface area contributed by atoms with Crippen LogP contribution in [0.2, 0.25) is 0 Å². The van der Waals surface area contributed by atoms with Crippen molar-refractivity contribution in [1.29, 1.82) is 0 Å². The summed E-state index contributed by atoms with van der Waals surface area (Å²) in [5, 5.41) is 0. The van der Waals surface area contributed by atoms with Crippen molar-refractivity contribution in [3.05, 3.63) is 23.8 Å². The summed E-state index contributed by atoms with van der Waals surface area (Å²) in [5.41, 5.74) is 6.26. The third kappa shape index (κ3) is 2.95. The van der Waals surface area contributed by atoms with Crippen LogP contribution in [-0.4, -0.2) is 9.97 Å². The van der Waals surface area contributed by atoms with Crippen LogP contribution in [0.4, 0.5) is 0 Å². The number of hydrogen-bond acceptors (Lipinski definition) is 3. The lowest BCUT2D eigenvalue weighted by Gasteiger charge is -2.11. The van der Waals surface area contributed by atoms with Gasteiger partial charge in [0.25, 0.3) is 0 Å². The summed E-state index contributed by atoms with van der Waals surface area (Å²) < 4.78 is -1.59. The fourth-order valence-electron chi connectivity index (χ4n) is 0.763. The smallest absolute Gasteiger partial charge is 0.250 e. The van der Waals surface area contributed by atoms with E-state index in [0.29, 0.717) is 5.69 Å². The molecule has 0 fully saturated rings. The molecule has 0 aromatic carbocycles. The predicted molar refractivity (Wildman–Crippen MR) is 53.9 cm³/mol. The molecule has 1 unspecified atom stereocenters.